The van der Waals surface area contributed by atoms with E-state index in [2.05, 4.69) is 6.42 Å². The van der Waals surface area contributed by atoms with Gasteiger partial charge in [0.25, 0.3) is 0 Å². The average molecular weight is 401 g/mol. The van der Waals surface area contributed by atoms with Gasteiger partial charge in [-0.3, -0.25) is 5.84 Å². The van der Waals surface area contributed by atoms with Gasteiger partial charge in [-0.1, -0.05) is 5.41 Å². The third kappa shape index (κ3) is 1.19. The maximum atomic E-state index is 5.74. The fourth-order valence-electron chi connectivity index (χ4n) is 2.13. The number of hydrazine groups is 1. The zero-order valence-corrected chi connectivity index (χ0v) is 8.75. The summed E-state index contributed by atoms with van der Waals surface area (Å²) in [6.45, 7) is 2.23. The van der Waals surface area contributed by atoms with E-state index < -0.39 is 0 Å². The maximum Gasteiger partial charge on any atom is 0.0136 e. The molecule has 1 aliphatic heterocycles. The SMILES string of the molecule is NN1CCCC2(C[CH-]C2)C1.[Lr]. The van der Waals surface area contributed by atoms with Crippen LogP contribution < -0.4 is 5.84 Å². The number of piperidine rings is 1. The van der Waals surface area contributed by atoms with Crippen molar-refractivity contribution in [1.29, 1.82) is 0 Å². The van der Waals surface area contributed by atoms with Crippen LogP contribution in [0.2, 0.25) is 0 Å². The van der Waals surface area contributed by atoms with Crippen LogP contribution in [0.1, 0.15) is 25.7 Å². The molecule has 2 fully saturated rings. The minimum atomic E-state index is 0. The molecule has 1 saturated heterocycles. The van der Waals surface area contributed by atoms with Crippen molar-refractivity contribution in [1.82, 2.24) is 5.01 Å². The van der Waals surface area contributed by atoms with Crippen LogP contribution in [-0.4, -0.2) is 18.1 Å². The van der Waals surface area contributed by atoms with E-state index in [9.17, 15) is 0 Å². The summed E-state index contributed by atoms with van der Waals surface area (Å²) in [6.07, 6.45) is 7.68. The van der Waals surface area contributed by atoms with E-state index in [0.29, 0.717) is 5.41 Å². The van der Waals surface area contributed by atoms with Crippen molar-refractivity contribution in [3.63, 3.8) is 0 Å². The van der Waals surface area contributed by atoms with Crippen LogP contribution in [0.25, 0.3) is 0 Å². The number of hydrogen-bond acceptors (Lipinski definition) is 2. The predicted molar refractivity (Wildman–Crippen MR) is 41.0 cm³/mol. The Labute approximate surface area is 62.4 Å². The van der Waals surface area contributed by atoms with Crippen molar-refractivity contribution >= 4 is 0 Å². The summed E-state index contributed by atoms with van der Waals surface area (Å²) in [6, 6.07) is 0. The van der Waals surface area contributed by atoms with Gasteiger partial charge < -0.3 is 6.42 Å². The second-order valence-electron chi connectivity index (χ2n) is 3.77. The topological polar surface area (TPSA) is 29.3 Å². The van der Waals surface area contributed by atoms with Gasteiger partial charge in [-0.15, -0.1) is 0 Å². The molecule has 11 heavy (non-hydrogen) atoms. The Bertz CT molecular complexity index is 134. The largest absolute Gasteiger partial charge is 0.328 e. The summed E-state index contributed by atoms with van der Waals surface area (Å²) >= 11 is 0. The molecular formula is C8H15LrN2-. The van der Waals surface area contributed by atoms with Crippen LogP contribution in [-0.2, 0) is 0 Å². The first-order valence-corrected chi connectivity index (χ1v) is 4.12. The zero-order chi connectivity index (χ0) is 7.03. The standard InChI is InChI=1S/C8H15N2.Lr/c9-10-6-2-5-8(7-10)3-1-4-8;/h1H,2-7,9H2;/q-1;. The Balaban J connectivity index is 0.000000605. The molecule has 0 aromatic carbocycles. The smallest absolute Gasteiger partial charge is 0.0136 e. The van der Waals surface area contributed by atoms with E-state index in [1.54, 1.807) is 0 Å². The van der Waals surface area contributed by atoms with E-state index >= 15 is 0 Å². The summed E-state index contributed by atoms with van der Waals surface area (Å²) < 4.78 is 0. The number of nitrogens with zero attached hydrogens (tertiary/aromatic N) is 1. The minimum Gasteiger partial charge on any atom is -0.328 e. The van der Waals surface area contributed by atoms with Crippen LogP contribution in [0.5, 0.6) is 0 Å². The minimum absolute atomic E-state index is 0. The maximum absolute atomic E-state index is 5.74. The van der Waals surface area contributed by atoms with Gasteiger partial charge in [0, 0.05) is 13.1 Å². The van der Waals surface area contributed by atoms with Crippen molar-refractivity contribution in [2.24, 2.45) is 11.3 Å². The van der Waals surface area contributed by atoms with Crippen molar-refractivity contribution in [2.75, 3.05) is 13.1 Å². The first-order chi connectivity index (χ1) is 4.81. The molecular weight excluding hydrogens is 386 g/mol. The van der Waals surface area contributed by atoms with Gasteiger partial charge in [0.15, 0.2) is 0 Å². The Morgan fingerprint density at radius 3 is 2.45 bits per heavy atom. The van der Waals surface area contributed by atoms with Crippen LogP contribution in [0.4, 0.5) is 0 Å². The van der Waals surface area contributed by atoms with Gasteiger partial charge in [-0.2, -0.15) is 12.8 Å². The molecule has 1 saturated carbocycles. The third-order valence-corrected chi connectivity index (χ3v) is 2.85. The molecule has 2 nitrogen and oxygen atoms in total. The Morgan fingerprint density at radius 1 is 1.36 bits per heavy atom. The second-order valence-corrected chi connectivity index (χ2v) is 3.77. The number of hydrogen-bond donors (Lipinski definition) is 1. The van der Waals surface area contributed by atoms with Gasteiger partial charge in [-0.25, -0.2) is 5.01 Å². The van der Waals surface area contributed by atoms with E-state index in [0.717, 1.165) is 13.1 Å². The number of nitrogens with two attached hydrogens (primary N) is 1. The normalized spacial score (nSPS) is 29.2. The first kappa shape index (κ1) is 8.02. The van der Waals surface area contributed by atoms with E-state index in [1.807, 2.05) is 5.01 Å². The van der Waals surface area contributed by atoms with Crippen LogP contribution in [0.3, 0.4) is 0 Å². The summed E-state index contributed by atoms with van der Waals surface area (Å²) in [7, 11) is 0. The Morgan fingerprint density at radius 2 is 2.09 bits per heavy atom. The molecule has 0 aromatic heterocycles. The van der Waals surface area contributed by atoms with E-state index in [4.69, 9.17) is 5.84 Å². The predicted octanol–water partition coefficient (Wildman–Crippen LogP) is 0.940. The molecule has 1 heterocycles. The fourth-order valence-corrected chi connectivity index (χ4v) is 2.13. The van der Waals surface area contributed by atoms with Crippen LogP contribution in [0.15, 0.2) is 0 Å². The molecule has 3 heteroatoms. The van der Waals surface area contributed by atoms with Crippen molar-refractivity contribution in [3.8, 4) is 0 Å². The van der Waals surface area contributed by atoms with E-state index in [1.165, 1.54) is 25.7 Å². The van der Waals surface area contributed by atoms with Crippen molar-refractivity contribution in [3.05, 3.63) is 6.42 Å². The van der Waals surface area contributed by atoms with Crippen molar-refractivity contribution in [2.45, 2.75) is 25.7 Å². The Kier molecular flexibility index (Phi) is 1.83. The molecule has 0 unspecified atom stereocenters. The monoisotopic (exact) mass is 401 g/mol. The molecule has 2 aliphatic rings. The summed E-state index contributed by atoms with van der Waals surface area (Å²) in [5.74, 6) is 5.74. The Hall–Kier alpha value is -1.08. The van der Waals surface area contributed by atoms with Gasteiger partial charge in [0.2, 0.25) is 0 Å². The summed E-state index contributed by atoms with van der Waals surface area (Å²) in [4.78, 5) is 0. The molecule has 73 valence electrons. The molecule has 1 radical (unpaired) electrons. The van der Waals surface area contributed by atoms with E-state index in [-0.39, 0.29) is 0 Å². The first-order valence-electron chi connectivity index (χ1n) is 4.12. The van der Waals surface area contributed by atoms with Gasteiger partial charge in [-0.05, 0) is 12.8 Å². The summed E-state index contributed by atoms with van der Waals surface area (Å²) in [5, 5.41) is 1.98. The molecule has 2 rings (SSSR count). The molecule has 0 bridgehead atoms. The molecule has 1 spiro atoms. The molecule has 0 atom stereocenters. The fraction of sp³-hybridized carbons (Fsp3) is 0.875. The molecule has 2 N–H and O–H groups in total. The van der Waals surface area contributed by atoms with Crippen molar-refractivity contribution < 1.29 is 0 Å². The molecule has 0 aromatic rings. The number of rotatable bonds is 0. The second kappa shape index (κ2) is 2.51. The zero-order valence-electron chi connectivity index (χ0n) is 6.60. The summed E-state index contributed by atoms with van der Waals surface area (Å²) in [5.41, 5.74) is 0.618. The third-order valence-electron chi connectivity index (χ3n) is 2.85. The molecule has 1 aliphatic carbocycles. The quantitative estimate of drug-likeness (QED) is 0.484. The average Bonchev–Trinajstić information content (AvgIpc) is 1.85. The van der Waals surface area contributed by atoms with Gasteiger partial charge >= 0.3 is 0 Å². The molecule has 0 amide bonds. The van der Waals surface area contributed by atoms with Gasteiger partial charge in [0.1, 0.15) is 0 Å². The van der Waals surface area contributed by atoms with Crippen LogP contribution >= 0.6 is 0 Å². The van der Waals surface area contributed by atoms with Crippen LogP contribution in [0, 0.1) is 11.8 Å². The van der Waals surface area contributed by atoms with Gasteiger partial charge in [0.05, 0.1) is 0 Å².